The molecule has 1 atom stereocenters. The Morgan fingerprint density at radius 3 is 2.72 bits per heavy atom. The molecule has 4 N–H and O–H groups in total. The lowest BCUT2D eigenvalue weighted by atomic mass is 9.88. The van der Waals surface area contributed by atoms with Crippen LogP contribution in [-0.4, -0.2) is 52.9 Å². The number of rotatable bonds is 6. The number of hydrogen-bond acceptors (Lipinski definition) is 4. The maximum absolute atomic E-state index is 12.8. The number of aromatic nitrogens is 2. The minimum Gasteiger partial charge on any atom is -0.363 e. The quantitative estimate of drug-likeness (QED) is 0.697. The first-order valence-electron chi connectivity index (χ1n) is 10.9. The Kier molecular flexibility index (Phi) is 6.13. The highest BCUT2D eigenvalue weighted by Crippen LogP contribution is 2.26. The molecular formula is C22H31N5O2. The van der Waals surface area contributed by atoms with Gasteiger partial charge >= 0.3 is 0 Å². The number of carbonyl (C=O) groups is 2. The van der Waals surface area contributed by atoms with Gasteiger partial charge in [-0.05, 0) is 56.2 Å². The summed E-state index contributed by atoms with van der Waals surface area (Å²) in [7, 11) is 0. The Balaban J connectivity index is 1.34. The SMILES string of the molecule is NC(=O)c1nc2c(C(=O)NC[C@@H]3CCCN(CC4CCCCC4)C3)cccc2[nH]1. The van der Waals surface area contributed by atoms with Crippen LogP contribution in [0, 0.1) is 11.8 Å². The third-order valence-corrected chi connectivity index (χ3v) is 6.39. The molecule has 0 unspecified atom stereocenters. The molecule has 1 aromatic heterocycles. The van der Waals surface area contributed by atoms with E-state index in [2.05, 4.69) is 20.2 Å². The van der Waals surface area contributed by atoms with Crippen LogP contribution in [0.4, 0.5) is 0 Å². The minimum atomic E-state index is -0.632. The number of piperidine rings is 1. The Morgan fingerprint density at radius 1 is 1.14 bits per heavy atom. The summed E-state index contributed by atoms with van der Waals surface area (Å²) >= 11 is 0. The van der Waals surface area contributed by atoms with Gasteiger partial charge in [-0.3, -0.25) is 9.59 Å². The van der Waals surface area contributed by atoms with Crippen molar-refractivity contribution in [2.24, 2.45) is 17.6 Å². The van der Waals surface area contributed by atoms with Crippen LogP contribution in [0.3, 0.4) is 0 Å². The summed E-state index contributed by atoms with van der Waals surface area (Å²) < 4.78 is 0. The molecule has 2 aromatic rings. The number of carbonyl (C=O) groups excluding carboxylic acids is 2. The van der Waals surface area contributed by atoms with Crippen molar-refractivity contribution in [3.05, 3.63) is 29.6 Å². The second-order valence-corrected chi connectivity index (χ2v) is 8.63. The predicted molar refractivity (Wildman–Crippen MR) is 113 cm³/mol. The van der Waals surface area contributed by atoms with Crippen molar-refractivity contribution in [2.45, 2.75) is 44.9 Å². The first-order chi connectivity index (χ1) is 14.1. The number of nitrogens with two attached hydrogens (primary N) is 1. The van der Waals surface area contributed by atoms with E-state index in [1.54, 1.807) is 18.2 Å². The van der Waals surface area contributed by atoms with Crippen molar-refractivity contribution in [1.82, 2.24) is 20.2 Å². The number of primary amides is 1. The highest BCUT2D eigenvalue weighted by Gasteiger charge is 2.24. The zero-order valence-corrected chi connectivity index (χ0v) is 17.0. The lowest BCUT2D eigenvalue weighted by molar-refractivity contribution is 0.0923. The molecule has 1 aliphatic carbocycles. The van der Waals surface area contributed by atoms with Crippen LogP contribution < -0.4 is 11.1 Å². The fourth-order valence-electron chi connectivity index (χ4n) is 4.88. The molecule has 0 radical (unpaired) electrons. The van der Waals surface area contributed by atoms with Gasteiger partial charge < -0.3 is 20.9 Å². The third kappa shape index (κ3) is 4.78. The lowest BCUT2D eigenvalue weighted by Gasteiger charge is -2.36. The molecule has 0 bridgehead atoms. The van der Waals surface area contributed by atoms with Gasteiger partial charge in [0.2, 0.25) is 0 Å². The van der Waals surface area contributed by atoms with Crippen LogP contribution in [0.15, 0.2) is 18.2 Å². The number of aromatic amines is 1. The number of nitrogens with one attached hydrogen (secondary N) is 2. The van der Waals surface area contributed by atoms with E-state index in [0.717, 1.165) is 18.9 Å². The predicted octanol–water partition coefficient (Wildman–Crippen LogP) is 2.68. The topological polar surface area (TPSA) is 104 Å². The molecule has 156 valence electrons. The number of H-pyrrole nitrogens is 1. The maximum atomic E-state index is 12.8. The molecule has 0 spiro atoms. The number of nitrogens with zero attached hydrogens (tertiary/aromatic N) is 2. The first-order valence-corrected chi connectivity index (χ1v) is 10.9. The number of benzene rings is 1. The fourth-order valence-corrected chi connectivity index (χ4v) is 4.88. The van der Waals surface area contributed by atoms with Crippen LogP contribution in [0.25, 0.3) is 11.0 Å². The van der Waals surface area contributed by atoms with Crippen LogP contribution in [0.5, 0.6) is 0 Å². The normalized spacial score (nSPS) is 21.3. The van der Waals surface area contributed by atoms with Crippen molar-refractivity contribution in [3.8, 4) is 0 Å². The molecule has 1 saturated heterocycles. The van der Waals surface area contributed by atoms with Gasteiger partial charge in [0.15, 0.2) is 5.82 Å². The molecule has 4 rings (SSSR count). The van der Waals surface area contributed by atoms with Crippen LogP contribution in [-0.2, 0) is 0 Å². The summed E-state index contributed by atoms with van der Waals surface area (Å²) in [4.78, 5) is 33.8. The number of fused-ring (bicyclic) bond motifs is 1. The molecule has 2 fully saturated rings. The zero-order chi connectivity index (χ0) is 20.2. The number of likely N-dealkylation sites (tertiary alicyclic amines) is 1. The average molecular weight is 398 g/mol. The summed E-state index contributed by atoms with van der Waals surface area (Å²) in [6.45, 7) is 4.13. The van der Waals surface area contributed by atoms with E-state index < -0.39 is 5.91 Å². The van der Waals surface area contributed by atoms with Crippen molar-refractivity contribution in [3.63, 3.8) is 0 Å². The largest absolute Gasteiger partial charge is 0.363 e. The van der Waals surface area contributed by atoms with Gasteiger partial charge in [0.25, 0.3) is 11.8 Å². The second-order valence-electron chi connectivity index (χ2n) is 8.63. The smallest absolute Gasteiger partial charge is 0.284 e. The molecule has 2 aliphatic rings. The van der Waals surface area contributed by atoms with Gasteiger partial charge in [0.05, 0.1) is 11.1 Å². The molecule has 7 nitrogen and oxygen atoms in total. The summed E-state index contributed by atoms with van der Waals surface area (Å²) in [5.74, 6) is 0.630. The number of hydrogen-bond donors (Lipinski definition) is 3. The van der Waals surface area contributed by atoms with Crippen LogP contribution in [0.1, 0.15) is 65.9 Å². The van der Waals surface area contributed by atoms with Gasteiger partial charge in [-0.2, -0.15) is 0 Å². The number of amides is 2. The van der Waals surface area contributed by atoms with E-state index >= 15 is 0 Å². The Bertz CT molecular complexity index is 871. The summed E-state index contributed by atoms with van der Waals surface area (Å²) in [6, 6.07) is 5.31. The zero-order valence-electron chi connectivity index (χ0n) is 17.0. The third-order valence-electron chi connectivity index (χ3n) is 6.39. The Labute approximate surface area is 171 Å². The highest BCUT2D eigenvalue weighted by molar-refractivity contribution is 6.06. The Morgan fingerprint density at radius 2 is 1.93 bits per heavy atom. The van der Waals surface area contributed by atoms with Gasteiger partial charge in [0, 0.05) is 19.6 Å². The minimum absolute atomic E-state index is 0.0749. The summed E-state index contributed by atoms with van der Waals surface area (Å²) in [5, 5.41) is 3.09. The molecule has 2 heterocycles. The molecular weight excluding hydrogens is 366 g/mol. The maximum Gasteiger partial charge on any atom is 0.284 e. The fraction of sp³-hybridized carbons (Fsp3) is 0.591. The molecule has 2 amide bonds. The average Bonchev–Trinajstić information content (AvgIpc) is 3.18. The molecule has 1 aliphatic heterocycles. The van der Waals surface area contributed by atoms with E-state index in [0.29, 0.717) is 29.1 Å². The standard InChI is InChI=1S/C22H31N5O2/c23-20(28)21-25-18-10-4-9-17(19(18)26-21)22(29)24-12-16-8-5-11-27(14-16)13-15-6-2-1-3-7-15/h4,9-10,15-16H,1-3,5-8,11-14H2,(H2,23,28)(H,24,29)(H,25,26)/t16-/m0/s1. The molecule has 1 saturated carbocycles. The molecule has 29 heavy (non-hydrogen) atoms. The van der Waals surface area contributed by atoms with Crippen molar-refractivity contribution in [1.29, 1.82) is 0 Å². The van der Waals surface area contributed by atoms with Gasteiger partial charge in [-0.15, -0.1) is 0 Å². The van der Waals surface area contributed by atoms with Gasteiger partial charge in [-0.25, -0.2) is 4.98 Å². The van der Waals surface area contributed by atoms with E-state index in [-0.39, 0.29) is 11.7 Å². The molecule has 1 aromatic carbocycles. The van der Waals surface area contributed by atoms with E-state index in [9.17, 15) is 9.59 Å². The van der Waals surface area contributed by atoms with Gasteiger partial charge in [0.1, 0.15) is 5.52 Å². The number of imidazole rings is 1. The van der Waals surface area contributed by atoms with Crippen molar-refractivity contribution in [2.75, 3.05) is 26.2 Å². The monoisotopic (exact) mass is 397 g/mol. The van der Waals surface area contributed by atoms with E-state index in [4.69, 9.17) is 5.73 Å². The van der Waals surface area contributed by atoms with Gasteiger partial charge in [-0.1, -0.05) is 25.3 Å². The first kappa shape index (κ1) is 19.9. The second kappa shape index (κ2) is 8.95. The van der Waals surface area contributed by atoms with Crippen molar-refractivity contribution < 1.29 is 9.59 Å². The highest BCUT2D eigenvalue weighted by atomic mass is 16.2. The van der Waals surface area contributed by atoms with E-state index in [1.807, 2.05) is 0 Å². The summed E-state index contributed by atoms with van der Waals surface area (Å²) in [6.07, 6.45) is 9.26. The van der Waals surface area contributed by atoms with E-state index in [1.165, 1.54) is 51.6 Å². The number of para-hydroxylation sites is 1. The molecule has 7 heteroatoms. The van der Waals surface area contributed by atoms with Crippen LogP contribution in [0.2, 0.25) is 0 Å². The lowest BCUT2D eigenvalue weighted by Crippen LogP contribution is -2.43. The summed E-state index contributed by atoms with van der Waals surface area (Å²) in [5.41, 5.74) is 6.90. The van der Waals surface area contributed by atoms with Crippen molar-refractivity contribution >= 4 is 22.8 Å². The Hall–Kier alpha value is -2.41. The van der Waals surface area contributed by atoms with Crippen LogP contribution >= 0.6 is 0 Å².